The number of aromatic carboxylic acids is 1. The third-order valence-corrected chi connectivity index (χ3v) is 5.10. The molecule has 0 unspecified atom stereocenters. The van der Waals surface area contributed by atoms with Gasteiger partial charge in [-0.25, -0.2) is 9.78 Å². The maximum atomic E-state index is 11.7. The van der Waals surface area contributed by atoms with Crippen LogP contribution < -0.4 is 10.2 Å². The van der Waals surface area contributed by atoms with Gasteiger partial charge in [-0.05, 0) is 36.7 Å². The highest BCUT2D eigenvalue weighted by atomic mass is 16.5. The Kier molecular flexibility index (Phi) is 7.80. The highest BCUT2D eigenvalue weighted by Gasteiger charge is 2.27. The third-order valence-electron chi connectivity index (χ3n) is 5.10. The molecule has 0 radical (unpaired) electrons. The summed E-state index contributed by atoms with van der Waals surface area (Å²) in [5, 5.41) is 21.6. The molecule has 3 N–H and O–H groups in total. The van der Waals surface area contributed by atoms with Crippen molar-refractivity contribution in [3.8, 4) is 0 Å². The quantitative estimate of drug-likeness (QED) is 0.556. The molecule has 0 spiro atoms. The van der Waals surface area contributed by atoms with E-state index in [9.17, 15) is 9.90 Å². The molecule has 0 atom stereocenters. The van der Waals surface area contributed by atoms with Crippen LogP contribution in [0.5, 0.6) is 0 Å². The fourth-order valence-electron chi connectivity index (χ4n) is 3.45. The first-order valence-corrected chi connectivity index (χ1v) is 10.1. The van der Waals surface area contributed by atoms with Crippen molar-refractivity contribution in [3.63, 3.8) is 0 Å². The van der Waals surface area contributed by atoms with Gasteiger partial charge >= 0.3 is 5.97 Å². The molecule has 1 fully saturated rings. The maximum absolute atomic E-state index is 11.7. The van der Waals surface area contributed by atoms with E-state index in [1.54, 1.807) is 13.2 Å². The molecule has 1 aromatic rings. The van der Waals surface area contributed by atoms with Gasteiger partial charge in [-0.15, -0.1) is 0 Å². The summed E-state index contributed by atoms with van der Waals surface area (Å²) in [5.74, 6) is 0.368. The lowest BCUT2D eigenvalue weighted by molar-refractivity contribution is 0.0690. The number of piperidine rings is 1. The van der Waals surface area contributed by atoms with Crippen LogP contribution in [-0.4, -0.2) is 55.1 Å². The van der Waals surface area contributed by atoms with Crippen LogP contribution in [0.15, 0.2) is 6.07 Å². The van der Waals surface area contributed by atoms with E-state index in [2.05, 4.69) is 29.0 Å². The molecule has 2 heterocycles. The molecule has 0 saturated carbocycles. The Hall–Kier alpha value is -2.15. The van der Waals surface area contributed by atoms with Gasteiger partial charge in [-0.2, -0.15) is 0 Å². The standard InChI is InChI=1S/C21H34N4O3/c1-13(2)11-23-20-18(19(22)14(3)4)17(10-16(24-20)21(26)27)25-8-6-15(7-9-25)12-28-5/h10,13-15,22H,6-9,11-12H2,1-5H3,(H,23,24)(H,26,27). The number of hydrogen-bond acceptors (Lipinski definition) is 6. The highest BCUT2D eigenvalue weighted by molar-refractivity contribution is 6.09. The van der Waals surface area contributed by atoms with E-state index in [0.29, 0.717) is 29.9 Å². The summed E-state index contributed by atoms with van der Waals surface area (Å²) in [6, 6.07) is 1.63. The Labute approximate surface area is 168 Å². The van der Waals surface area contributed by atoms with Gasteiger partial charge in [-0.1, -0.05) is 27.7 Å². The number of nitrogens with zero attached hydrogens (tertiary/aromatic N) is 2. The first-order valence-electron chi connectivity index (χ1n) is 10.1. The van der Waals surface area contributed by atoms with Crippen LogP contribution >= 0.6 is 0 Å². The molecule has 156 valence electrons. The average Bonchev–Trinajstić information content (AvgIpc) is 2.65. The van der Waals surface area contributed by atoms with Gasteiger partial charge in [0.25, 0.3) is 0 Å². The topological polar surface area (TPSA) is 98.5 Å². The third kappa shape index (κ3) is 5.44. The van der Waals surface area contributed by atoms with Crippen LogP contribution in [0.4, 0.5) is 11.5 Å². The molecule has 2 rings (SSSR count). The predicted octanol–water partition coefficient (Wildman–Crippen LogP) is 3.73. The van der Waals surface area contributed by atoms with E-state index < -0.39 is 5.97 Å². The normalized spacial score (nSPS) is 15.3. The van der Waals surface area contributed by atoms with Crippen molar-refractivity contribution >= 4 is 23.2 Å². The van der Waals surface area contributed by atoms with Crippen molar-refractivity contribution < 1.29 is 14.6 Å². The number of nitrogens with one attached hydrogen (secondary N) is 2. The van der Waals surface area contributed by atoms with Gasteiger partial charge in [-0.3, -0.25) is 0 Å². The maximum Gasteiger partial charge on any atom is 0.354 e. The van der Waals surface area contributed by atoms with Crippen LogP contribution in [0, 0.1) is 23.2 Å². The molecule has 1 aromatic heterocycles. The summed E-state index contributed by atoms with van der Waals surface area (Å²) in [6.07, 6.45) is 1.98. The van der Waals surface area contributed by atoms with Crippen LogP contribution in [0.3, 0.4) is 0 Å². The zero-order valence-electron chi connectivity index (χ0n) is 17.7. The van der Waals surface area contributed by atoms with E-state index in [-0.39, 0.29) is 11.6 Å². The van der Waals surface area contributed by atoms with Crippen molar-refractivity contribution in [1.82, 2.24) is 4.98 Å². The molecule has 0 amide bonds. The zero-order valence-corrected chi connectivity index (χ0v) is 17.7. The molecule has 28 heavy (non-hydrogen) atoms. The Morgan fingerprint density at radius 1 is 1.36 bits per heavy atom. The zero-order chi connectivity index (χ0) is 20.8. The number of pyridine rings is 1. The molecule has 7 heteroatoms. The SMILES string of the molecule is COCC1CCN(c2cc(C(=O)O)nc(NCC(C)C)c2C(=N)C(C)C)CC1. The number of carboxylic acids is 1. The second-order valence-electron chi connectivity index (χ2n) is 8.28. The van der Waals surface area contributed by atoms with Crippen LogP contribution in [0.1, 0.15) is 56.6 Å². The second kappa shape index (κ2) is 9.87. The number of rotatable bonds is 9. The van der Waals surface area contributed by atoms with E-state index in [1.165, 1.54) is 0 Å². The number of carboxylic acid groups (broad SMARTS) is 1. The molecule has 1 saturated heterocycles. The smallest absolute Gasteiger partial charge is 0.354 e. The highest BCUT2D eigenvalue weighted by Crippen LogP contribution is 2.33. The monoisotopic (exact) mass is 390 g/mol. The van der Waals surface area contributed by atoms with Gasteiger partial charge in [0, 0.05) is 39.1 Å². The van der Waals surface area contributed by atoms with Gasteiger partial charge < -0.3 is 25.5 Å². The van der Waals surface area contributed by atoms with E-state index >= 15 is 0 Å². The lowest BCUT2D eigenvalue weighted by Gasteiger charge is -2.35. The summed E-state index contributed by atoms with van der Waals surface area (Å²) in [5.41, 5.74) is 2.02. The molecule has 1 aliphatic heterocycles. The molecule has 0 aliphatic carbocycles. The van der Waals surface area contributed by atoms with Crippen molar-refractivity contribution in [3.05, 3.63) is 17.3 Å². The van der Waals surface area contributed by atoms with Crippen LogP contribution in [0.2, 0.25) is 0 Å². The lowest BCUT2D eigenvalue weighted by Crippen LogP contribution is -2.36. The van der Waals surface area contributed by atoms with Crippen molar-refractivity contribution in [2.45, 2.75) is 40.5 Å². The van der Waals surface area contributed by atoms with Crippen molar-refractivity contribution in [1.29, 1.82) is 5.41 Å². The number of carbonyl (C=O) groups is 1. The predicted molar refractivity (Wildman–Crippen MR) is 113 cm³/mol. The Balaban J connectivity index is 2.48. The summed E-state index contributed by atoms with van der Waals surface area (Å²) in [7, 11) is 1.73. The van der Waals surface area contributed by atoms with E-state index in [0.717, 1.165) is 43.8 Å². The van der Waals surface area contributed by atoms with Crippen LogP contribution in [0.25, 0.3) is 0 Å². The number of aromatic nitrogens is 1. The number of methoxy groups -OCH3 is 1. The van der Waals surface area contributed by atoms with Gasteiger partial charge in [0.15, 0.2) is 5.69 Å². The Morgan fingerprint density at radius 3 is 2.50 bits per heavy atom. The fraction of sp³-hybridized carbons (Fsp3) is 0.667. The number of ether oxygens (including phenoxy) is 1. The minimum absolute atomic E-state index is 0.0144. The first kappa shape index (κ1) is 22.1. The number of hydrogen-bond donors (Lipinski definition) is 3. The lowest BCUT2D eigenvalue weighted by atomic mass is 9.94. The van der Waals surface area contributed by atoms with Crippen molar-refractivity contribution in [2.24, 2.45) is 17.8 Å². The summed E-state index contributed by atoms with van der Waals surface area (Å²) < 4.78 is 5.29. The molecule has 7 nitrogen and oxygen atoms in total. The molecule has 0 bridgehead atoms. The minimum atomic E-state index is -1.05. The molecular weight excluding hydrogens is 356 g/mol. The number of anilines is 2. The average molecular weight is 391 g/mol. The summed E-state index contributed by atoms with van der Waals surface area (Å²) >= 11 is 0. The minimum Gasteiger partial charge on any atom is -0.477 e. The molecular formula is C21H34N4O3. The van der Waals surface area contributed by atoms with Gasteiger partial charge in [0.1, 0.15) is 5.82 Å². The summed E-state index contributed by atoms with van der Waals surface area (Å²) in [6.45, 7) is 11.2. The first-order chi connectivity index (χ1) is 13.2. The van der Waals surface area contributed by atoms with Crippen LogP contribution in [-0.2, 0) is 4.74 Å². The second-order valence-corrected chi connectivity index (χ2v) is 8.28. The fourth-order valence-corrected chi connectivity index (χ4v) is 3.45. The van der Waals surface area contributed by atoms with Crippen molar-refractivity contribution in [2.75, 3.05) is 43.6 Å². The molecule has 0 aromatic carbocycles. The largest absolute Gasteiger partial charge is 0.477 e. The summed E-state index contributed by atoms with van der Waals surface area (Å²) in [4.78, 5) is 18.3. The van der Waals surface area contributed by atoms with Gasteiger partial charge in [0.05, 0.1) is 11.3 Å². The van der Waals surface area contributed by atoms with E-state index in [4.69, 9.17) is 10.1 Å². The van der Waals surface area contributed by atoms with E-state index in [1.807, 2.05) is 13.8 Å². The Bertz CT molecular complexity index is 695. The van der Waals surface area contributed by atoms with Gasteiger partial charge in [0.2, 0.25) is 0 Å². The molecule has 1 aliphatic rings. The Morgan fingerprint density at radius 2 is 2.00 bits per heavy atom.